The third-order valence-electron chi connectivity index (χ3n) is 3.74. The van der Waals surface area contributed by atoms with Gasteiger partial charge in [0.05, 0.1) is 0 Å². The molecule has 2 N–H and O–H groups in total. The minimum Gasteiger partial charge on any atom is -0.486 e. The lowest BCUT2D eigenvalue weighted by Gasteiger charge is -2.20. The van der Waals surface area contributed by atoms with Crippen molar-refractivity contribution in [2.45, 2.75) is 20.0 Å². The third kappa shape index (κ3) is 3.94. The molecule has 0 saturated carbocycles. The van der Waals surface area contributed by atoms with Gasteiger partial charge in [-0.25, -0.2) is 4.79 Å². The van der Waals surface area contributed by atoms with Crippen LogP contribution in [-0.2, 0) is 13.1 Å². The van der Waals surface area contributed by atoms with E-state index in [4.69, 9.17) is 9.47 Å². The molecular weight excluding hydrogens is 292 g/mol. The Balaban J connectivity index is 1.54. The molecule has 3 rings (SSSR count). The number of ether oxygens (including phenoxy) is 2. The highest BCUT2D eigenvalue weighted by molar-refractivity contribution is 5.73. The van der Waals surface area contributed by atoms with E-state index in [1.807, 2.05) is 49.4 Å². The molecule has 0 unspecified atom stereocenters. The molecule has 0 aliphatic carbocycles. The summed E-state index contributed by atoms with van der Waals surface area (Å²) in [4.78, 5) is 11.9. The van der Waals surface area contributed by atoms with Crippen LogP contribution >= 0.6 is 0 Å². The summed E-state index contributed by atoms with van der Waals surface area (Å²) in [5.74, 6) is 1.51. The molecule has 0 spiro atoms. The maximum atomic E-state index is 11.9. The summed E-state index contributed by atoms with van der Waals surface area (Å²) in [6.07, 6.45) is 0. The average Bonchev–Trinajstić information content (AvgIpc) is 2.59. The van der Waals surface area contributed by atoms with Gasteiger partial charge in [0, 0.05) is 13.1 Å². The van der Waals surface area contributed by atoms with Gasteiger partial charge < -0.3 is 20.1 Å². The number of carbonyl (C=O) groups is 1. The summed E-state index contributed by atoms with van der Waals surface area (Å²) in [5, 5.41) is 5.72. The van der Waals surface area contributed by atoms with Gasteiger partial charge in [0.2, 0.25) is 0 Å². The first-order chi connectivity index (χ1) is 11.2. The summed E-state index contributed by atoms with van der Waals surface area (Å²) < 4.78 is 11.1. The van der Waals surface area contributed by atoms with E-state index in [1.165, 1.54) is 0 Å². The number of benzene rings is 2. The highest BCUT2D eigenvalue weighted by atomic mass is 16.6. The summed E-state index contributed by atoms with van der Waals surface area (Å²) in [6, 6.07) is 13.5. The van der Waals surface area contributed by atoms with E-state index >= 15 is 0 Å². The zero-order valence-corrected chi connectivity index (χ0v) is 13.1. The Morgan fingerprint density at radius 3 is 2.39 bits per heavy atom. The number of hydrogen-bond acceptors (Lipinski definition) is 3. The van der Waals surface area contributed by atoms with Crippen LogP contribution < -0.4 is 20.1 Å². The molecule has 5 heteroatoms. The van der Waals surface area contributed by atoms with Crippen LogP contribution in [0.25, 0.3) is 0 Å². The van der Waals surface area contributed by atoms with Gasteiger partial charge in [0.1, 0.15) is 13.2 Å². The Morgan fingerprint density at radius 1 is 1.00 bits per heavy atom. The number of fused-ring (bicyclic) bond motifs is 1. The largest absolute Gasteiger partial charge is 0.486 e. The lowest BCUT2D eigenvalue weighted by atomic mass is 10.1. The Hall–Kier alpha value is -2.69. The molecule has 0 radical (unpaired) electrons. The molecule has 0 aromatic heterocycles. The highest BCUT2D eigenvalue weighted by Gasteiger charge is 2.14. The van der Waals surface area contributed by atoms with E-state index in [1.54, 1.807) is 0 Å². The van der Waals surface area contributed by atoms with Crippen LogP contribution in [0.2, 0.25) is 0 Å². The van der Waals surface area contributed by atoms with Gasteiger partial charge >= 0.3 is 6.03 Å². The summed E-state index contributed by atoms with van der Waals surface area (Å²) in [6.45, 7) is 4.08. The lowest BCUT2D eigenvalue weighted by molar-refractivity contribution is 0.171. The van der Waals surface area contributed by atoms with E-state index in [9.17, 15) is 4.79 Å². The van der Waals surface area contributed by atoms with Gasteiger partial charge in [-0.1, -0.05) is 30.3 Å². The number of carbonyl (C=O) groups excluding carboxylic acids is 1. The Bertz CT molecular complexity index is 686. The predicted octanol–water partition coefficient (Wildman–Crippen LogP) is 2.77. The quantitative estimate of drug-likeness (QED) is 0.912. The predicted molar refractivity (Wildman–Crippen MR) is 87.7 cm³/mol. The molecule has 1 heterocycles. The molecule has 1 aliphatic heterocycles. The first-order valence-electron chi connectivity index (χ1n) is 7.67. The molecule has 0 atom stereocenters. The number of amides is 2. The summed E-state index contributed by atoms with van der Waals surface area (Å²) in [7, 11) is 0. The molecule has 0 saturated heterocycles. The maximum absolute atomic E-state index is 11.9. The van der Waals surface area contributed by atoms with Gasteiger partial charge in [-0.05, 0) is 35.7 Å². The molecule has 2 aromatic rings. The molecule has 23 heavy (non-hydrogen) atoms. The van der Waals surface area contributed by atoms with Crippen molar-refractivity contribution < 1.29 is 14.3 Å². The van der Waals surface area contributed by atoms with Gasteiger partial charge in [-0.15, -0.1) is 0 Å². The van der Waals surface area contributed by atoms with Gasteiger partial charge in [-0.2, -0.15) is 0 Å². The van der Waals surface area contributed by atoms with Gasteiger partial charge in [0.15, 0.2) is 11.5 Å². The molecule has 5 nitrogen and oxygen atoms in total. The second-order valence-electron chi connectivity index (χ2n) is 5.44. The molecular formula is C18H20N2O3. The fourth-order valence-electron chi connectivity index (χ4n) is 2.44. The van der Waals surface area contributed by atoms with E-state index in [0.29, 0.717) is 26.3 Å². The molecule has 120 valence electrons. The van der Waals surface area contributed by atoms with Crippen LogP contribution in [0.5, 0.6) is 11.5 Å². The minimum atomic E-state index is -0.192. The van der Waals surface area contributed by atoms with Crippen molar-refractivity contribution in [2.24, 2.45) is 0 Å². The Kier molecular flexibility index (Phi) is 4.66. The third-order valence-corrected chi connectivity index (χ3v) is 3.74. The van der Waals surface area contributed by atoms with Gasteiger partial charge in [-0.3, -0.25) is 0 Å². The smallest absolute Gasteiger partial charge is 0.315 e. The van der Waals surface area contributed by atoms with Crippen molar-refractivity contribution in [1.82, 2.24) is 10.6 Å². The van der Waals surface area contributed by atoms with Crippen LogP contribution in [0.15, 0.2) is 42.5 Å². The SMILES string of the molecule is Cc1cc2c(cc1CNC(=O)NCc1ccccc1)OCCO2. The van der Waals surface area contributed by atoms with Crippen molar-refractivity contribution in [1.29, 1.82) is 0 Å². The molecule has 2 amide bonds. The van der Waals surface area contributed by atoms with Crippen LogP contribution in [-0.4, -0.2) is 19.2 Å². The monoisotopic (exact) mass is 312 g/mol. The number of nitrogens with one attached hydrogen (secondary N) is 2. The van der Waals surface area contributed by atoms with Crippen molar-refractivity contribution in [3.63, 3.8) is 0 Å². The van der Waals surface area contributed by atoms with Gasteiger partial charge in [0.25, 0.3) is 0 Å². The molecule has 0 fully saturated rings. The highest BCUT2D eigenvalue weighted by Crippen LogP contribution is 2.32. The summed E-state index contributed by atoms with van der Waals surface area (Å²) >= 11 is 0. The zero-order valence-electron chi connectivity index (χ0n) is 13.1. The van der Waals surface area contributed by atoms with Crippen LogP contribution in [0, 0.1) is 6.92 Å². The fraction of sp³-hybridized carbons (Fsp3) is 0.278. The second-order valence-corrected chi connectivity index (χ2v) is 5.44. The molecule has 1 aliphatic rings. The van der Waals surface area contributed by atoms with Crippen LogP contribution in [0.4, 0.5) is 4.79 Å². The van der Waals surface area contributed by atoms with E-state index < -0.39 is 0 Å². The number of urea groups is 1. The van der Waals surface area contributed by atoms with E-state index in [2.05, 4.69) is 10.6 Å². The number of rotatable bonds is 4. The maximum Gasteiger partial charge on any atom is 0.315 e. The van der Waals surface area contributed by atoms with E-state index in [-0.39, 0.29) is 6.03 Å². The first-order valence-corrected chi connectivity index (χ1v) is 7.67. The average molecular weight is 312 g/mol. The van der Waals surface area contributed by atoms with Crippen molar-refractivity contribution >= 4 is 6.03 Å². The Labute approximate surface area is 135 Å². The first kappa shape index (κ1) is 15.2. The second kappa shape index (κ2) is 7.05. The lowest BCUT2D eigenvalue weighted by Crippen LogP contribution is -2.34. The van der Waals surface area contributed by atoms with E-state index in [0.717, 1.165) is 28.2 Å². The van der Waals surface area contributed by atoms with Crippen molar-refractivity contribution in [2.75, 3.05) is 13.2 Å². The number of aryl methyl sites for hydroxylation is 1. The van der Waals surface area contributed by atoms with Crippen LogP contribution in [0.1, 0.15) is 16.7 Å². The normalized spacial score (nSPS) is 12.6. The number of hydrogen-bond donors (Lipinski definition) is 2. The Morgan fingerprint density at radius 2 is 1.65 bits per heavy atom. The molecule has 0 bridgehead atoms. The fourth-order valence-corrected chi connectivity index (χ4v) is 2.44. The topological polar surface area (TPSA) is 59.6 Å². The minimum absolute atomic E-state index is 0.192. The molecule has 2 aromatic carbocycles. The van der Waals surface area contributed by atoms with Crippen molar-refractivity contribution in [3.8, 4) is 11.5 Å². The standard InChI is InChI=1S/C18H20N2O3/c1-13-9-16-17(23-8-7-22-16)10-15(13)12-20-18(21)19-11-14-5-3-2-4-6-14/h2-6,9-10H,7-8,11-12H2,1H3,(H2,19,20,21). The van der Waals surface area contributed by atoms with Crippen LogP contribution in [0.3, 0.4) is 0 Å². The zero-order chi connectivity index (χ0) is 16.1. The van der Waals surface area contributed by atoms with Crippen molar-refractivity contribution in [3.05, 3.63) is 59.2 Å². The summed E-state index contributed by atoms with van der Waals surface area (Å²) in [5.41, 5.74) is 3.15.